The Hall–Kier alpha value is -3.06. The molecule has 0 aliphatic carbocycles. The number of hydrogen-bond donors (Lipinski definition) is 2. The zero-order chi connectivity index (χ0) is 21.9. The number of nitrogens with zero attached hydrogens (tertiary/aromatic N) is 2. The average molecular weight is 425 g/mol. The summed E-state index contributed by atoms with van der Waals surface area (Å²) in [5.41, 5.74) is 3.20. The second-order valence-corrected chi connectivity index (χ2v) is 7.37. The average Bonchev–Trinajstić information content (AvgIpc) is 3.23. The van der Waals surface area contributed by atoms with Crippen LogP contribution in [-0.2, 0) is 16.0 Å². The second kappa shape index (κ2) is 12.0. The molecule has 0 radical (unpaired) electrons. The fourth-order valence-corrected chi connectivity index (χ4v) is 3.55. The number of amides is 1. The number of aliphatic imine (C=N–C) groups is 1. The van der Waals surface area contributed by atoms with Crippen LogP contribution in [0.3, 0.4) is 0 Å². The van der Waals surface area contributed by atoms with Crippen molar-refractivity contribution in [3.05, 3.63) is 54.1 Å². The number of fused-ring (bicyclic) bond motifs is 1. The Morgan fingerprint density at radius 2 is 2.00 bits per heavy atom. The molecule has 7 nitrogen and oxygen atoms in total. The van der Waals surface area contributed by atoms with Crippen LogP contribution in [0, 0.1) is 0 Å². The highest BCUT2D eigenvalue weighted by Gasteiger charge is 2.23. The molecule has 0 unspecified atom stereocenters. The number of rotatable bonds is 10. The number of methoxy groups -OCH3 is 1. The Morgan fingerprint density at radius 3 is 2.84 bits per heavy atom. The van der Waals surface area contributed by atoms with E-state index in [0.717, 1.165) is 42.9 Å². The molecular formula is C24H32N4O3. The van der Waals surface area contributed by atoms with E-state index >= 15 is 0 Å². The molecule has 1 amide bonds. The summed E-state index contributed by atoms with van der Waals surface area (Å²) in [4.78, 5) is 18.8. The smallest absolute Gasteiger partial charge is 0.227 e. The van der Waals surface area contributed by atoms with Gasteiger partial charge in [-0.25, -0.2) is 0 Å². The van der Waals surface area contributed by atoms with Crippen LogP contribution in [0.4, 0.5) is 11.4 Å². The molecule has 0 spiro atoms. The Kier molecular flexibility index (Phi) is 8.72. The van der Waals surface area contributed by atoms with Crippen LogP contribution >= 0.6 is 0 Å². The van der Waals surface area contributed by atoms with Crippen molar-refractivity contribution in [1.29, 1.82) is 0 Å². The summed E-state index contributed by atoms with van der Waals surface area (Å²) in [5, 5.41) is 6.54. The highest BCUT2D eigenvalue weighted by molar-refractivity contribution is 5.96. The minimum atomic E-state index is 0.174. The predicted molar refractivity (Wildman–Crippen MR) is 125 cm³/mol. The molecule has 0 atom stereocenters. The van der Waals surface area contributed by atoms with Crippen LogP contribution in [0.5, 0.6) is 5.75 Å². The summed E-state index contributed by atoms with van der Waals surface area (Å²) in [6.07, 6.45) is 3.02. The third-order valence-corrected chi connectivity index (χ3v) is 5.13. The molecule has 0 saturated heterocycles. The van der Waals surface area contributed by atoms with E-state index in [9.17, 15) is 4.79 Å². The first-order valence-electron chi connectivity index (χ1n) is 10.8. The van der Waals surface area contributed by atoms with Gasteiger partial charge in [0.05, 0.1) is 6.61 Å². The van der Waals surface area contributed by atoms with Crippen LogP contribution in [0.25, 0.3) is 0 Å². The highest BCUT2D eigenvalue weighted by atomic mass is 16.5. The van der Waals surface area contributed by atoms with Gasteiger partial charge in [-0.3, -0.25) is 9.79 Å². The van der Waals surface area contributed by atoms with Gasteiger partial charge >= 0.3 is 0 Å². The van der Waals surface area contributed by atoms with Gasteiger partial charge in [0, 0.05) is 64.1 Å². The summed E-state index contributed by atoms with van der Waals surface area (Å²) in [6, 6.07) is 15.9. The third kappa shape index (κ3) is 6.72. The van der Waals surface area contributed by atoms with Crippen molar-refractivity contribution in [1.82, 2.24) is 5.32 Å². The number of para-hydroxylation sites is 1. The molecule has 2 aromatic carbocycles. The van der Waals surface area contributed by atoms with Gasteiger partial charge in [-0.05, 0) is 36.6 Å². The van der Waals surface area contributed by atoms with Gasteiger partial charge in [0.25, 0.3) is 0 Å². The summed E-state index contributed by atoms with van der Waals surface area (Å²) >= 11 is 0. The maximum absolute atomic E-state index is 12.6. The quantitative estimate of drug-likeness (QED) is 0.347. The molecule has 1 aliphatic rings. The predicted octanol–water partition coefficient (Wildman–Crippen LogP) is 3.46. The molecular weight excluding hydrogens is 392 g/mol. The number of carbonyl (C=O) groups excluding carboxylic acids is 1. The number of nitrogens with one attached hydrogen (secondary N) is 2. The van der Waals surface area contributed by atoms with Crippen LogP contribution in [0.2, 0.25) is 0 Å². The zero-order valence-corrected chi connectivity index (χ0v) is 18.4. The summed E-state index contributed by atoms with van der Waals surface area (Å²) in [7, 11) is 3.41. The fraction of sp³-hybridized carbons (Fsp3) is 0.417. The molecule has 0 saturated carbocycles. The summed E-state index contributed by atoms with van der Waals surface area (Å²) in [6.45, 7) is 2.73. The van der Waals surface area contributed by atoms with Crippen LogP contribution in [-0.4, -0.2) is 52.3 Å². The first kappa shape index (κ1) is 22.6. The molecule has 0 aromatic heterocycles. The standard InChI is InChI=1S/C24H32N4O3/c1-25-24(27-20-9-5-10-21(18-20)31-17-7-16-30-2)26-14-6-12-23(29)28-15-13-19-8-3-4-11-22(19)28/h3-5,8-11,18H,6-7,12-17H2,1-2H3,(H2,25,26,27). The normalized spacial score (nSPS) is 13.1. The highest BCUT2D eigenvalue weighted by Crippen LogP contribution is 2.28. The molecule has 1 heterocycles. The molecule has 2 aromatic rings. The molecule has 7 heteroatoms. The minimum absolute atomic E-state index is 0.174. The Balaban J connectivity index is 1.40. The number of ether oxygens (including phenoxy) is 2. The van der Waals surface area contributed by atoms with Gasteiger partial charge in [0.1, 0.15) is 5.75 Å². The van der Waals surface area contributed by atoms with Gasteiger partial charge < -0.3 is 25.0 Å². The van der Waals surface area contributed by atoms with Gasteiger partial charge in [-0.15, -0.1) is 0 Å². The zero-order valence-electron chi connectivity index (χ0n) is 18.4. The molecule has 0 fully saturated rings. The number of hydrogen-bond acceptors (Lipinski definition) is 4. The van der Waals surface area contributed by atoms with Crippen LogP contribution < -0.4 is 20.3 Å². The van der Waals surface area contributed by atoms with Gasteiger partial charge in [-0.1, -0.05) is 24.3 Å². The summed E-state index contributed by atoms with van der Waals surface area (Å²) in [5.74, 6) is 1.64. The molecule has 1 aliphatic heterocycles. The lowest BCUT2D eigenvalue weighted by molar-refractivity contribution is -0.118. The third-order valence-electron chi connectivity index (χ3n) is 5.13. The number of carbonyl (C=O) groups is 1. The van der Waals surface area contributed by atoms with Crippen molar-refractivity contribution in [2.24, 2.45) is 4.99 Å². The van der Waals surface area contributed by atoms with Crippen molar-refractivity contribution in [2.75, 3.05) is 50.7 Å². The molecule has 166 valence electrons. The van der Waals surface area contributed by atoms with E-state index in [0.29, 0.717) is 32.1 Å². The maximum Gasteiger partial charge on any atom is 0.227 e. The Morgan fingerprint density at radius 1 is 1.13 bits per heavy atom. The Labute approximate surface area is 184 Å². The van der Waals surface area contributed by atoms with E-state index in [2.05, 4.69) is 21.7 Å². The van der Waals surface area contributed by atoms with E-state index in [1.54, 1.807) is 14.2 Å². The monoisotopic (exact) mass is 424 g/mol. The number of guanidine groups is 1. The first-order valence-corrected chi connectivity index (χ1v) is 10.8. The molecule has 0 bridgehead atoms. The minimum Gasteiger partial charge on any atom is -0.493 e. The van der Waals surface area contributed by atoms with Gasteiger partial charge in [-0.2, -0.15) is 0 Å². The molecule has 31 heavy (non-hydrogen) atoms. The van der Waals surface area contributed by atoms with E-state index in [4.69, 9.17) is 9.47 Å². The van der Waals surface area contributed by atoms with E-state index in [1.165, 1.54) is 5.56 Å². The number of anilines is 2. The molecule has 2 N–H and O–H groups in total. The van der Waals surface area contributed by atoms with Crippen molar-refractivity contribution < 1.29 is 14.3 Å². The van der Waals surface area contributed by atoms with Crippen molar-refractivity contribution >= 4 is 23.2 Å². The van der Waals surface area contributed by atoms with E-state index < -0.39 is 0 Å². The topological polar surface area (TPSA) is 75.2 Å². The van der Waals surface area contributed by atoms with Crippen molar-refractivity contribution in [3.8, 4) is 5.75 Å². The lowest BCUT2D eigenvalue weighted by Crippen LogP contribution is -2.33. The number of benzene rings is 2. The molecule has 3 rings (SSSR count). The Bertz CT molecular complexity index is 885. The van der Waals surface area contributed by atoms with E-state index in [1.807, 2.05) is 47.4 Å². The fourth-order valence-electron chi connectivity index (χ4n) is 3.55. The van der Waals surface area contributed by atoms with Gasteiger partial charge in [0.2, 0.25) is 5.91 Å². The lowest BCUT2D eigenvalue weighted by atomic mass is 10.2. The lowest BCUT2D eigenvalue weighted by Gasteiger charge is -2.17. The van der Waals surface area contributed by atoms with Crippen molar-refractivity contribution in [2.45, 2.75) is 25.7 Å². The SMILES string of the molecule is CN=C(NCCCC(=O)N1CCc2ccccc21)Nc1cccc(OCCCOC)c1. The largest absolute Gasteiger partial charge is 0.493 e. The van der Waals surface area contributed by atoms with Gasteiger partial charge in [0.15, 0.2) is 5.96 Å². The van der Waals surface area contributed by atoms with Crippen molar-refractivity contribution in [3.63, 3.8) is 0 Å². The first-order chi connectivity index (χ1) is 15.2. The summed E-state index contributed by atoms with van der Waals surface area (Å²) < 4.78 is 10.8. The van der Waals surface area contributed by atoms with Crippen LogP contribution in [0.15, 0.2) is 53.5 Å². The maximum atomic E-state index is 12.6. The second-order valence-electron chi connectivity index (χ2n) is 7.37. The van der Waals surface area contributed by atoms with E-state index in [-0.39, 0.29) is 5.91 Å². The van der Waals surface area contributed by atoms with Crippen LogP contribution in [0.1, 0.15) is 24.8 Å².